The van der Waals surface area contributed by atoms with Crippen LogP contribution in [0.5, 0.6) is 0 Å². The van der Waals surface area contributed by atoms with Crippen LogP contribution in [0.15, 0.2) is 60.7 Å². The van der Waals surface area contributed by atoms with Crippen molar-refractivity contribution in [1.29, 1.82) is 0 Å². The van der Waals surface area contributed by atoms with Gasteiger partial charge in [-0.05, 0) is 49.3 Å². The summed E-state index contributed by atoms with van der Waals surface area (Å²) in [5, 5.41) is 2.65. The molecule has 0 bridgehead atoms. The van der Waals surface area contributed by atoms with Crippen molar-refractivity contribution in [1.82, 2.24) is 10.2 Å². The summed E-state index contributed by atoms with van der Waals surface area (Å²) < 4.78 is 4.63. The minimum Gasteiger partial charge on any atom is -0.468 e. The zero-order valence-corrected chi connectivity index (χ0v) is 19.0. The van der Waals surface area contributed by atoms with Crippen LogP contribution in [-0.2, 0) is 14.3 Å². The van der Waals surface area contributed by atoms with Gasteiger partial charge in [0.1, 0.15) is 12.6 Å². The molecule has 6 nitrogen and oxygen atoms in total. The Kier molecular flexibility index (Phi) is 6.84. The van der Waals surface area contributed by atoms with Crippen molar-refractivity contribution in [3.05, 3.63) is 71.8 Å². The molecule has 1 atom stereocenters. The van der Waals surface area contributed by atoms with Crippen LogP contribution in [-0.4, -0.2) is 53.0 Å². The normalized spacial score (nSPS) is 24.8. The fourth-order valence-electron chi connectivity index (χ4n) is 4.76. The number of hydrogen-bond acceptors (Lipinski definition) is 5. The predicted octanol–water partition coefficient (Wildman–Crippen LogP) is 3.59. The van der Waals surface area contributed by atoms with Crippen molar-refractivity contribution in [2.75, 3.05) is 19.4 Å². The Morgan fingerprint density at radius 3 is 2.28 bits per heavy atom. The van der Waals surface area contributed by atoms with Crippen molar-refractivity contribution in [2.45, 2.75) is 42.5 Å². The van der Waals surface area contributed by atoms with Gasteiger partial charge >= 0.3 is 5.97 Å². The Morgan fingerprint density at radius 2 is 1.66 bits per heavy atom. The Balaban J connectivity index is 1.56. The van der Waals surface area contributed by atoms with E-state index in [2.05, 4.69) is 34.3 Å². The molecule has 0 radical (unpaired) electrons. The molecule has 1 saturated carbocycles. The maximum atomic E-state index is 13.6. The van der Waals surface area contributed by atoms with E-state index in [9.17, 15) is 14.4 Å². The number of esters is 1. The van der Waals surface area contributed by atoms with Crippen LogP contribution in [0.1, 0.15) is 47.5 Å². The number of benzene rings is 2. The second-order valence-electron chi connectivity index (χ2n) is 8.29. The lowest BCUT2D eigenvalue weighted by Gasteiger charge is -2.44. The number of amides is 2. The molecular weight excluding hydrogens is 424 g/mol. The molecule has 2 amide bonds. The smallest absolute Gasteiger partial charge is 0.325 e. The SMILES string of the molecule is COC(=O)CNC(=O)[C@@H]1CSC2(CCC(c3ccccc3)CC2)N1C(=O)c1ccccc1. The number of rotatable bonds is 5. The lowest BCUT2D eigenvalue weighted by Crippen LogP contribution is -2.56. The fourth-order valence-corrected chi connectivity index (χ4v) is 6.41. The van der Waals surface area contributed by atoms with Crippen LogP contribution in [0.25, 0.3) is 0 Å². The number of nitrogens with zero attached hydrogens (tertiary/aromatic N) is 1. The molecule has 1 N–H and O–H groups in total. The highest BCUT2D eigenvalue weighted by molar-refractivity contribution is 8.01. The first-order valence-electron chi connectivity index (χ1n) is 11.0. The summed E-state index contributed by atoms with van der Waals surface area (Å²) in [5.41, 5.74) is 1.91. The summed E-state index contributed by atoms with van der Waals surface area (Å²) in [7, 11) is 1.28. The quantitative estimate of drug-likeness (QED) is 0.702. The van der Waals surface area contributed by atoms with Gasteiger partial charge in [0.05, 0.1) is 12.0 Å². The summed E-state index contributed by atoms with van der Waals surface area (Å²) in [4.78, 5) is 39.5. The summed E-state index contributed by atoms with van der Waals surface area (Å²) >= 11 is 1.70. The van der Waals surface area contributed by atoms with Crippen LogP contribution in [0.4, 0.5) is 0 Å². The van der Waals surface area contributed by atoms with Crippen molar-refractivity contribution in [3.63, 3.8) is 0 Å². The van der Waals surface area contributed by atoms with Crippen molar-refractivity contribution in [3.8, 4) is 0 Å². The average molecular weight is 453 g/mol. The van der Waals surface area contributed by atoms with Gasteiger partial charge in [0.2, 0.25) is 5.91 Å². The third-order valence-corrected chi connectivity index (χ3v) is 8.10. The van der Waals surface area contributed by atoms with Gasteiger partial charge in [-0.1, -0.05) is 48.5 Å². The maximum absolute atomic E-state index is 13.6. The molecule has 168 valence electrons. The maximum Gasteiger partial charge on any atom is 0.325 e. The monoisotopic (exact) mass is 452 g/mol. The molecule has 4 rings (SSSR count). The predicted molar refractivity (Wildman–Crippen MR) is 124 cm³/mol. The molecule has 2 aromatic rings. The topological polar surface area (TPSA) is 75.7 Å². The fraction of sp³-hybridized carbons (Fsp3) is 0.400. The van der Waals surface area contributed by atoms with Gasteiger partial charge in [0.15, 0.2) is 0 Å². The van der Waals surface area contributed by atoms with Gasteiger partial charge < -0.3 is 15.0 Å². The Morgan fingerprint density at radius 1 is 1.03 bits per heavy atom. The molecule has 1 aliphatic heterocycles. The molecule has 2 fully saturated rings. The van der Waals surface area contributed by atoms with E-state index < -0.39 is 16.9 Å². The van der Waals surface area contributed by atoms with Crippen LogP contribution < -0.4 is 5.32 Å². The molecule has 1 spiro atoms. The van der Waals surface area contributed by atoms with Gasteiger partial charge in [-0.25, -0.2) is 0 Å². The zero-order chi connectivity index (χ0) is 22.6. The van der Waals surface area contributed by atoms with E-state index in [0.717, 1.165) is 25.7 Å². The standard InChI is InChI=1S/C25H28N2O4S/c1-31-22(28)16-26-23(29)21-17-32-25(27(21)24(30)20-10-6-3-7-11-20)14-12-19(13-15-25)18-8-4-2-5-9-18/h2-11,19,21H,12-17H2,1H3,(H,26,29)/t19?,21-,25?/m0/s1. The number of methoxy groups -OCH3 is 1. The molecule has 1 heterocycles. The molecule has 0 unspecified atom stereocenters. The number of thioether (sulfide) groups is 1. The largest absolute Gasteiger partial charge is 0.468 e. The Labute approximate surface area is 192 Å². The van der Waals surface area contributed by atoms with E-state index in [0.29, 0.717) is 17.2 Å². The lowest BCUT2D eigenvalue weighted by molar-refractivity contribution is -0.141. The summed E-state index contributed by atoms with van der Waals surface area (Å²) in [5.74, 6) is 0.0224. The second-order valence-corrected chi connectivity index (χ2v) is 9.67. The lowest BCUT2D eigenvalue weighted by atomic mass is 9.80. The Hall–Kier alpha value is -2.80. The summed E-state index contributed by atoms with van der Waals surface area (Å²) in [6.07, 6.45) is 3.59. The van der Waals surface area contributed by atoms with E-state index in [1.165, 1.54) is 12.7 Å². The number of carbonyl (C=O) groups is 3. The number of hydrogen-bond donors (Lipinski definition) is 1. The second kappa shape index (κ2) is 9.77. The zero-order valence-electron chi connectivity index (χ0n) is 18.2. The first-order valence-corrected chi connectivity index (χ1v) is 11.9. The third kappa shape index (κ3) is 4.53. The number of nitrogens with one attached hydrogen (secondary N) is 1. The summed E-state index contributed by atoms with van der Waals surface area (Å²) in [6.45, 7) is -0.201. The van der Waals surface area contributed by atoms with E-state index in [-0.39, 0.29) is 18.4 Å². The van der Waals surface area contributed by atoms with Crippen molar-refractivity contribution < 1.29 is 19.1 Å². The molecule has 1 aliphatic carbocycles. The highest BCUT2D eigenvalue weighted by Crippen LogP contribution is 2.52. The van der Waals surface area contributed by atoms with Crippen LogP contribution in [0, 0.1) is 0 Å². The molecule has 0 aromatic heterocycles. The highest BCUT2D eigenvalue weighted by atomic mass is 32.2. The average Bonchev–Trinajstić information content (AvgIpc) is 3.21. The van der Waals surface area contributed by atoms with Gasteiger partial charge in [-0.15, -0.1) is 11.8 Å². The molecule has 2 aliphatic rings. The third-order valence-electron chi connectivity index (χ3n) is 6.48. The van der Waals surface area contributed by atoms with Crippen molar-refractivity contribution >= 4 is 29.5 Å². The number of ether oxygens (including phenoxy) is 1. The molecule has 1 saturated heterocycles. The van der Waals surface area contributed by atoms with Gasteiger partial charge in [-0.3, -0.25) is 14.4 Å². The van der Waals surface area contributed by atoms with E-state index in [4.69, 9.17) is 0 Å². The van der Waals surface area contributed by atoms with Crippen LogP contribution >= 0.6 is 11.8 Å². The van der Waals surface area contributed by atoms with E-state index >= 15 is 0 Å². The first kappa shape index (κ1) is 22.4. The van der Waals surface area contributed by atoms with Gasteiger partial charge in [0.25, 0.3) is 5.91 Å². The Bertz CT molecular complexity index is 958. The van der Waals surface area contributed by atoms with Crippen LogP contribution in [0.3, 0.4) is 0 Å². The number of carbonyl (C=O) groups excluding carboxylic acids is 3. The summed E-state index contributed by atoms with van der Waals surface area (Å²) in [6, 6.07) is 19.0. The first-order chi connectivity index (χ1) is 15.5. The van der Waals surface area contributed by atoms with Crippen molar-refractivity contribution in [2.24, 2.45) is 0 Å². The molecule has 2 aromatic carbocycles. The molecule has 32 heavy (non-hydrogen) atoms. The van der Waals surface area contributed by atoms with Crippen LogP contribution in [0.2, 0.25) is 0 Å². The minimum absolute atomic E-state index is 0.132. The van der Waals surface area contributed by atoms with E-state index in [1.54, 1.807) is 28.8 Å². The molecule has 7 heteroatoms. The van der Waals surface area contributed by atoms with Gasteiger partial charge in [-0.2, -0.15) is 0 Å². The highest BCUT2D eigenvalue weighted by Gasteiger charge is 2.53. The van der Waals surface area contributed by atoms with Gasteiger partial charge in [0, 0.05) is 11.3 Å². The van der Waals surface area contributed by atoms with E-state index in [1.807, 2.05) is 24.3 Å². The molecular formula is C25H28N2O4S. The minimum atomic E-state index is -0.620.